The topological polar surface area (TPSA) is 211 Å². The molecule has 0 aromatic heterocycles. The summed E-state index contributed by atoms with van der Waals surface area (Å²) in [5.41, 5.74) is -2.28. The van der Waals surface area contributed by atoms with Crippen molar-refractivity contribution in [2.75, 3.05) is 11.9 Å². The van der Waals surface area contributed by atoms with Crippen LogP contribution in [0.25, 0.3) is 0 Å². The maximum Gasteiger partial charge on any atom is 0.412 e. The van der Waals surface area contributed by atoms with E-state index < -0.39 is 64.9 Å². The highest BCUT2D eigenvalue weighted by Crippen LogP contribution is 2.32. The number of phenolic OH excluding ortho intramolecular Hbond substituents is 1. The number of anilines is 1. The molecule has 49 heavy (non-hydrogen) atoms. The Bertz CT molecular complexity index is 1610. The second-order valence-corrected chi connectivity index (χ2v) is 14.1. The summed E-state index contributed by atoms with van der Waals surface area (Å²) in [6.45, 7) is 14.8. The molecule has 0 radical (unpaired) electrons. The average Bonchev–Trinajstić information content (AvgIpc) is 2.92. The minimum Gasteiger partial charge on any atom is -0.504 e. The van der Waals surface area contributed by atoms with Crippen LogP contribution in [0.3, 0.4) is 0 Å². The van der Waals surface area contributed by atoms with Crippen LogP contribution >= 0.6 is 0 Å². The lowest BCUT2D eigenvalue weighted by Crippen LogP contribution is -2.46. The number of nitrogens with zero attached hydrogens (tertiary/aromatic N) is 1. The monoisotopic (exact) mass is 683 g/mol. The van der Waals surface area contributed by atoms with E-state index >= 15 is 0 Å². The summed E-state index contributed by atoms with van der Waals surface area (Å²) in [5, 5.41) is 34.9. The number of benzene rings is 2. The number of nitriles is 1. The molecule has 1 atom stereocenters. The number of amides is 2. The molecule has 266 valence electrons. The molecular weight excluding hydrogens is 638 g/mol. The molecule has 0 aliphatic heterocycles. The second kappa shape index (κ2) is 16.2. The number of phenols is 1. The zero-order chi connectivity index (χ0) is 37.3. The molecule has 0 heterocycles. The highest BCUT2D eigenvalue weighted by Gasteiger charge is 2.32. The number of rotatable bonds is 12. The molecule has 0 saturated heterocycles. The number of carbonyl (C=O) groups is 5. The molecule has 2 amide bonds. The fraction of sp³-hybridized carbons (Fsp3) is 0.486. The van der Waals surface area contributed by atoms with Gasteiger partial charge in [-0.15, -0.1) is 0 Å². The first-order valence-corrected chi connectivity index (χ1v) is 15.5. The molecule has 0 saturated carbocycles. The van der Waals surface area contributed by atoms with Gasteiger partial charge in [-0.2, -0.15) is 5.26 Å². The van der Waals surface area contributed by atoms with Crippen LogP contribution < -0.4 is 15.4 Å². The highest BCUT2D eigenvalue weighted by atomic mass is 16.6. The number of aromatic hydroxyl groups is 1. The quantitative estimate of drug-likeness (QED) is 0.124. The Kier molecular flexibility index (Phi) is 13.2. The van der Waals surface area contributed by atoms with Gasteiger partial charge in [0.15, 0.2) is 11.5 Å². The van der Waals surface area contributed by atoms with Crippen LogP contribution in [0, 0.1) is 11.3 Å². The van der Waals surface area contributed by atoms with Crippen molar-refractivity contribution in [2.24, 2.45) is 0 Å². The van der Waals surface area contributed by atoms with Crippen molar-refractivity contribution in [3.63, 3.8) is 0 Å². The van der Waals surface area contributed by atoms with Crippen molar-refractivity contribution in [3.8, 4) is 17.6 Å². The first-order valence-electron chi connectivity index (χ1n) is 15.5. The Balaban J connectivity index is 2.30. The first kappa shape index (κ1) is 39.9. The third-order valence-corrected chi connectivity index (χ3v) is 6.05. The molecule has 0 spiro atoms. The van der Waals surface area contributed by atoms with Gasteiger partial charge < -0.3 is 34.5 Å². The molecule has 4 N–H and O–H groups in total. The molecule has 14 nitrogen and oxygen atoms in total. The minimum absolute atomic E-state index is 0.00537. The zero-order valence-electron chi connectivity index (χ0n) is 29.3. The van der Waals surface area contributed by atoms with Crippen molar-refractivity contribution in [1.29, 1.82) is 5.26 Å². The van der Waals surface area contributed by atoms with Crippen molar-refractivity contribution < 1.29 is 53.1 Å². The SMILES string of the molecule is CC(C)(C)OC(=O)CC(NC(=O)c1cc(C#N)cc(O)c1OCCCc1cc(NC(=O)OC(C)(C)C)ccc1C(=O)O)C(=O)OC(C)(C)C. The Morgan fingerprint density at radius 2 is 1.47 bits per heavy atom. The van der Waals surface area contributed by atoms with Crippen LogP contribution in [-0.2, 0) is 30.2 Å². The molecule has 1 unspecified atom stereocenters. The van der Waals surface area contributed by atoms with Gasteiger partial charge in [-0.05, 0) is 105 Å². The number of aromatic carboxylic acids is 1. The van der Waals surface area contributed by atoms with E-state index in [4.69, 9.17) is 18.9 Å². The van der Waals surface area contributed by atoms with Gasteiger partial charge in [0.05, 0.1) is 35.8 Å². The Labute approximate surface area is 285 Å². The minimum atomic E-state index is -1.49. The van der Waals surface area contributed by atoms with E-state index in [1.54, 1.807) is 62.3 Å². The van der Waals surface area contributed by atoms with Gasteiger partial charge in [-0.3, -0.25) is 14.9 Å². The summed E-state index contributed by atoms with van der Waals surface area (Å²) in [6.07, 6.45) is -0.936. The molecule has 2 rings (SSSR count). The summed E-state index contributed by atoms with van der Waals surface area (Å²) >= 11 is 0. The summed E-state index contributed by atoms with van der Waals surface area (Å²) in [5.74, 6) is -4.67. The van der Waals surface area contributed by atoms with Gasteiger partial charge in [-0.25, -0.2) is 14.4 Å². The summed E-state index contributed by atoms with van der Waals surface area (Å²) < 4.78 is 21.7. The van der Waals surface area contributed by atoms with Crippen LogP contribution in [0.15, 0.2) is 30.3 Å². The van der Waals surface area contributed by atoms with E-state index in [2.05, 4.69) is 10.6 Å². The third kappa shape index (κ3) is 13.7. The number of carboxylic acid groups (broad SMARTS) is 1. The highest BCUT2D eigenvalue weighted by molar-refractivity contribution is 6.01. The fourth-order valence-corrected chi connectivity index (χ4v) is 4.30. The normalized spacial score (nSPS) is 12.2. The van der Waals surface area contributed by atoms with Gasteiger partial charge in [-0.1, -0.05) is 0 Å². The van der Waals surface area contributed by atoms with E-state index in [1.165, 1.54) is 18.2 Å². The van der Waals surface area contributed by atoms with Crippen LogP contribution in [-0.4, -0.2) is 69.6 Å². The summed E-state index contributed by atoms with van der Waals surface area (Å²) in [4.78, 5) is 63.2. The predicted molar refractivity (Wildman–Crippen MR) is 177 cm³/mol. The lowest BCUT2D eigenvalue weighted by atomic mass is 10.0. The maximum absolute atomic E-state index is 13.5. The Morgan fingerprint density at radius 3 is 2.02 bits per heavy atom. The smallest absolute Gasteiger partial charge is 0.412 e. The standard InChI is InChI=1S/C35H45N3O11/c1-33(2,3)47-27(40)18-25(31(44)48-34(4,5)6)38-29(41)24-15-20(19-36)16-26(39)28(24)46-14-10-11-21-17-22(12-13-23(21)30(42)43)37-32(45)49-35(7,8)9/h12-13,15-17,25,39H,10-11,14,18H2,1-9H3,(H,37,45)(H,38,41)(H,42,43). The van der Waals surface area contributed by atoms with Crippen LogP contribution in [0.4, 0.5) is 10.5 Å². The van der Waals surface area contributed by atoms with Gasteiger partial charge in [0, 0.05) is 11.8 Å². The van der Waals surface area contributed by atoms with Crippen molar-refractivity contribution in [1.82, 2.24) is 5.32 Å². The molecule has 0 bridgehead atoms. The van der Waals surface area contributed by atoms with Crippen molar-refractivity contribution in [3.05, 3.63) is 52.6 Å². The van der Waals surface area contributed by atoms with Crippen molar-refractivity contribution >= 4 is 35.6 Å². The van der Waals surface area contributed by atoms with Crippen LogP contribution in [0.5, 0.6) is 11.5 Å². The predicted octanol–water partition coefficient (Wildman–Crippen LogP) is 5.49. The van der Waals surface area contributed by atoms with E-state index in [9.17, 15) is 39.4 Å². The number of hydrogen-bond acceptors (Lipinski definition) is 11. The lowest BCUT2D eigenvalue weighted by Gasteiger charge is -2.26. The first-order chi connectivity index (χ1) is 22.5. The van der Waals surface area contributed by atoms with E-state index in [0.29, 0.717) is 11.3 Å². The number of ether oxygens (including phenoxy) is 4. The summed E-state index contributed by atoms with van der Waals surface area (Å²) in [7, 11) is 0. The van der Waals surface area contributed by atoms with Crippen LogP contribution in [0.2, 0.25) is 0 Å². The fourth-order valence-electron chi connectivity index (χ4n) is 4.30. The number of carboxylic acids is 1. The number of hydrogen-bond donors (Lipinski definition) is 4. The summed E-state index contributed by atoms with van der Waals surface area (Å²) in [6, 6.07) is 6.86. The zero-order valence-corrected chi connectivity index (χ0v) is 29.3. The molecule has 2 aromatic rings. The van der Waals surface area contributed by atoms with Gasteiger partial charge in [0.25, 0.3) is 5.91 Å². The Hall–Kier alpha value is -5.32. The van der Waals surface area contributed by atoms with Gasteiger partial charge in [0.1, 0.15) is 22.8 Å². The van der Waals surface area contributed by atoms with Gasteiger partial charge in [0.2, 0.25) is 0 Å². The van der Waals surface area contributed by atoms with Crippen molar-refractivity contribution in [2.45, 2.75) is 104 Å². The Morgan fingerprint density at radius 1 is 0.857 bits per heavy atom. The number of nitrogens with one attached hydrogen (secondary N) is 2. The largest absolute Gasteiger partial charge is 0.504 e. The van der Waals surface area contributed by atoms with E-state index in [0.717, 1.165) is 12.1 Å². The van der Waals surface area contributed by atoms with E-state index in [1.807, 2.05) is 6.07 Å². The maximum atomic E-state index is 13.5. The molecule has 0 aliphatic carbocycles. The second-order valence-electron chi connectivity index (χ2n) is 14.1. The molecular formula is C35H45N3O11. The number of aryl methyl sites for hydroxylation is 1. The lowest BCUT2D eigenvalue weighted by molar-refractivity contribution is -0.164. The average molecular weight is 684 g/mol. The number of esters is 2. The third-order valence-electron chi connectivity index (χ3n) is 6.05. The van der Waals surface area contributed by atoms with Gasteiger partial charge >= 0.3 is 24.0 Å². The molecule has 2 aromatic carbocycles. The van der Waals surface area contributed by atoms with Crippen LogP contribution in [0.1, 0.15) is 107 Å². The molecule has 0 fully saturated rings. The number of carbonyl (C=O) groups excluding carboxylic acids is 4. The molecule has 0 aliphatic rings. The molecule has 14 heteroatoms. The van der Waals surface area contributed by atoms with E-state index in [-0.39, 0.29) is 41.9 Å².